The Hall–Kier alpha value is -3.33. The van der Waals surface area contributed by atoms with Gasteiger partial charge in [0, 0.05) is 30.8 Å². The van der Waals surface area contributed by atoms with Gasteiger partial charge in [-0.2, -0.15) is 0 Å². The van der Waals surface area contributed by atoms with Crippen molar-refractivity contribution in [3.63, 3.8) is 0 Å². The van der Waals surface area contributed by atoms with Crippen molar-refractivity contribution >= 4 is 33.8 Å². The van der Waals surface area contributed by atoms with Gasteiger partial charge in [-0.05, 0) is 18.9 Å². The molecule has 9 heteroatoms. The molecule has 1 amide bonds. The van der Waals surface area contributed by atoms with Gasteiger partial charge in [-0.15, -0.1) is 10.2 Å². The van der Waals surface area contributed by atoms with Crippen LogP contribution in [0, 0.1) is 10.1 Å². The lowest BCUT2D eigenvalue weighted by atomic mass is 10.1. The van der Waals surface area contributed by atoms with Gasteiger partial charge >= 0.3 is 0 Å². The Morgan fingerprint density at radius 3 is 2.57 bits per heavy atom. The molecule has 0 unspecified atom stereocenters. The number of hydrogen-bond donors (Lipinski definition) is 1. The number of carbonyl (C=O) groups excluding carboxylic acids is 1. The van der Waals surface area contributed by atoms with E-state index in [1.807, 2.05) is 30.3 Å². The zero-order valence-electron chi connectivity index (χ0n) is 14.9. The number of aromatic nitrogens is 2. The standard InChI is InChI=1S/C19H17N5O3S/c25-17(20-19-22-21-18(28-19)13-6-2-1-3-7-13)15-12-14(24(26)27)8-9-16(15)23-10-4-5-11-23/h1-3,6-9,12H,4-5,10-11H2,(H,20,22,25). The van der Waals surface area contributed by atoms with Crippen LogP contribution in [0.5, 0.6) is 0 Å². The van der Waals surface area contributed by atoms with Crippen LogP contribution in [0.25, 0.3) is 10.6 Å². The van der Waals surface area contributed by atoms with Crippen molar-refractivity contribution in [3.8, 4) is 10.6 Å². The van der Waals surface area contributed by atoms with Gasteiger partial charge < -0.3 is 4.90 Å². The lowest BCUT2D eigenvalue weighted by Gasteiger charge is -2.20. The number of hydrogen-bond acceptors (Lipinski definition) is 7. The van der Waals surface area contributed by atoms with Gasteiger partial charge in [-0.3, -0.25) is 20.2 Å². The predicted octanol–water partition coefficient (Wildman–Crippen LogP) is 3.97. The molecular weight excluding hydrogens is 378 g/mol. The van der Waals surface area contributed by atoms with E-state index in [4.69, 9.17) is 0 Å². The largest absolute Gasteiger partial charge is 0.371 e. The van der Waals surface area contributed by atoms with Gasteiger partial charge in [0.05, 0.1) is 16.2 Å². The third kappa shape index (κ3) is 3.70. The highest BCUT2D eigenvalue weighted by Gasteiger charge is 2.23. The highest BCUT2D eigenvalue weighted by atomic mass is 32.1. The number of anilines is 2. The first-order chi connectivity index (χ1) is 13.6. The smallest absolute Gasteiger partial charge is 0.270 e. The van der Waals surface area contributed by atoms with Crippen molar-refractivity contribution in [2.75, 3.05) is 23.3 Å². The van der Waals surface area contributed by atoms with Crippen molar-refractivity contribution in [2.24, 2.45) is 0 Å². The Morgan fingerprint density at radius 2 is 1.86 bits per heavy atom. The highest BCUT2D eigenvalue weighted by Crippen LogP contribution is 2.30. The summed E-state index contributed by atoms with van der Waals surface area (Å²) >= 11 is 1.26. The second-order valence-electron chi connectivity index (χ2n) is 6.39. The lowest BCUT2D eigenvalue weighted by Crippen LogP contribution is -2.23. The molecule has 142 valence electrons. The van der Waals surface area contributed by atoms with Crippen LogP contribution in [0.2, 0.25) is 0 Å². The molecule has 0 atom stereocenters. The summed E-state index contributed by atoms with van der Waals surface area (Å²) in [6, 6.07) is 13.9. The molecule has 1 saturated heterocycles. The molecule has 28 heavy (non-hydrogen) atoms. The Bertz CT molecular complexity index is 1020. The molecule has 1 N–H and O–H groups in total. The maximum atomic E-state index is 12.9. The van der Waals surface area contributed by atoms with Crippen molar-refractivity contribution in [2.45, 2.75) is 12.8 Å². The summed E-state index contributed by atoms with van der Waals surface area (Å²) in [7, 11) is 0. The molecule has 4 rings (SSSR count). The number of amides is 1. The maximum Gasteiger partial charge on any atom is 0.270 e. The number of rotatable bonds is 5. The maximum absolute atomic E-state index is 12.9. The minimum atomic E-state index is -0.497. The first-order valence-corrected chi connectivity index (χ1v) is 9.67. The number of nitrogens with zero attached hydrogens (tertiary/aromatic N) is 4. The summed E-state index contributed by atoms with van der Waals surface area (Å²) < 4.78 is 0. The zero-order chi connectivity index (χ0) is 19.5. The van der Waals surface area contributed by atoms with Crippen LogP contribution in [0.1, 0.15) is 23.2 Å². The number of carbonyl (C=O) groups is 1. The topological polar surface area (TPSA) is 101 Å². The summed E-state index contributed by atoms with van der Waals surface area (Å²) in [5, 5.41) is 23.1. The molecule has 8 nitrogen and oxygen atoms in total. The van der Waals surface area contributed by atoms with E-state index >= 15 is 0 Å². The Labute approximate surface area is 165 Å². The number of nitro benzene ring substituents is 1. The molecule has 0 radical (unpaired) electrons. The number of nitrogens with one attached hydrogen (secondary N) is 1. The van der Waals surface area contributed by atoms with Crippen LogP contribution >= 0.6 is 11.3 Å². The van der Waals surface area contributed by atoms with E-state index in [0.29, 0.717) is 15.8 Å². The molecule has 2 heterocycles. The number of non-ortho nitro benzene ring substituents is 1. The van der Waals surface area contributed by atoms with E-state index in [1.165, 1.54) is 23.5 Å². The monoisotopic (exact) mass is 395 g/mol. The first kappa shape index (κ1) is 18.1. The van der Waals surface area contributed by atoms with Crippen molar-refractivity contribution in [3.05, 3.63) is 64.2 Å². The van der Waals surface area contributed by atoms with Crippen LogP contribution in [0.3, 0.4) is 0 Å². The quantitative estimate of drug-likeness (QED) is 0.518. The molecule has 1 aliphatic rings. The molecule has 3 aromatic rings. The van der Waals surface area contributed by atoms with E-state index < -0.39 is 10.8 Å². The molecule has 0 bridgehead atoms. The fourth-order valence-electron chi connectivity index (χ4n) is 3.19. The van der Waals surface area contributed by atoms with Crippen LogP contribution in [0.4, 0.5) is 16.5 Å². The summed E-state index contributed by atoms with van der Waals surface area (Å²) in [6.07, 6.45) is 2.07. The van der Waals surface area contributed by atoms with Crippen molar-refractivity contribution < 1.29 is 9.72 Å². The molecule has 1 aromatic heterocycles. The average Bonchev–Trinajstić information content (AvgIpc) is 3.40. The highest BCUT2D eigenvalue weighted by molar-refractivity contribution is 7.18. The van der Waals surface area contributed by atoms with E-state index in [-0.39, 0.29) is 11.3 Å². The minimum Gasteiger partial charge on any atom is -0.371 e. The van der Waals surface area contributed by atoms with Crippen LogP contribution in [-0.4, -0.2) is 34.1 Å². The van der Waals surface area contributed by atoms with Crippen LogP contribution < -0.4 is 10.2 Å². The summed E-state index contributed by atoms with van der Waals surface area (Å²) in [6.45, 7) is 1.66. The fourth-order valence-corrected chi connectivity index (χ4v) is 3.93. The van der Waals surface area contributed by atoms with Crippen molar-refractivity contribution in [1.82, 2.24) is 10.2 Å². The zero-order valence-corrected chi connectivity index (χ0v) is 15.7. The van der Waals surface area contributed by atoms with Gasteiger partial charge in [0.1, 0.15) is 5.01 Å². The second kappa shape index (κ2) is 7.73. The Balaban J connectivity index is 1.61. The van der Waals surface area contributed by atoms with E-state index in [1.54, 1.807) is 6.07 Å². The van der Waals surface area contributed by atoms with Gasteiger partial charge in [-0.1, -0.05) is 41.7 Å². The molecule has 0 spiro atoms. The normalized spacial score (nSPS) is 13.5. The first-order valence-electron chi connectivity index (χ1n) is 8.85. The third-order valence-corrected chi connectivity index (χ3v) is 5.44. The molecule has 0 saturated carbocycles. The summed E-state index contributed by atoms with van der Waals surface area (Å²) in [5.41, 5.74) is 1.77. The Morgan fingerprint density at radius 1 is 1.11 bits per heavy atom. The van der Waals surface area contributed by atoms with E-state index in [2.05, 4.69) is 20.4 Å². The Kier molecular flexibility index (Phi) is 4.98. The van der Waals surface area contributed by atoms with E-state index in [0.717, 1.165) is 31.5 Å². The van der Waals surface area contributed by atoms with Gasteiger partial charge in [0.25, 0.3) is 11.6 Å². The van der Waals surface area contributed by atoms with Gasteiger partial charge in [0.2, 0.25) is 5.13 Å². The van der Waals surface area contributed by atoms with Gasteiger partial charge in [0.15, 0.2) is 0 Å². The number of nitro groups is 1. The minimum absolute atomic E-state index is 0.115. The van der Waals surface area contributed by atoms with Crippen molar-refractivity contribution in [1.29, 1.82) is 0 Å². The van der Waals surface area contributed by atoms with Crippen LogP contribution in [0.15, 0.2) is 48.5 Å². The van der Waals surface area contributed by atoms with E-state index in [9.17, 15) is 14.9 Å². The molecule has 2 aromatic carbocycles. The second-order valence-corrected chi connectivity index (χ2v) is 7.36. The molecule has 1 aliphatic heterocycles. The molecular formula is C19H17N5O3S. The van der Waals surface area contributed by atoms with Crippen LogP contribution in [-0.2, 0) is 0 Å². The SMILES string of the molecule is O=C(Nc1nnc(-c2ccccc2)s1)c1cc([N+](=O)[O-])ccc1N1CCCC1. The lowest BCUT2D eigenvalue weighted by molar-refractivity contribution is -0.384. The summed E-state index contributed by atoms with van der Waals surface area (Å²) in [4.78, 5) is 25.6. The predicted molar refractivity (Wildman–Crippen MR) is 108 cm³/mol. The third-order valence-electron chi connectivity index (χ3n) is 4.55. The molecule has 1 fully saturated rings. The fraction of sp³-hybridized carbons (Fsp3) is 0.211. The molecule has 0 aliphatic carbocycles. The van der Waals surface area contributed by atoms with Gasteiger partial charge in [-0.25, -0.2) is 0 Å². The number of benzene rings is 2. The average molecular weight is 395 g/mol. The summed E-state index contributed by atoms with van der Waals surface area (Å²) in [5.74, 6) is -0.429.